The van der Waals surface area contributed by atoms with Crippen molar-refractivity contribution in [3.05, 3.63) is 271 Å². The fraction of sp³-hybridized carbons (Fsp3) is 0.176. The summed E-state index contributed by atoms with van der Waals surface area (Å²) < 4.78 is 0. The van der Waals surface area contributed by atoms with E-state index < -0.39 is 24.1 Å². The molecule has 81 heavy (non-hydrogen) atoms. The second-order valence-electron chi connectivity index (χ2n) is 18.5. The molecule has 13 heteroatoms. The fourth-order valence-electron chi connectivity index (χ4n) is 8.83. The first-order valence-electron chi connectivity index (χ1n) is 25.8. The van der Waals surface area contributed by atoms with Crippen molar-refractivity contribution in [2.24, 2.45) is 5.73 Å². The number of fused-ring (bicyclic) bond motifs is 4. The monoisotopic (exact) mass is 1120 g/mol. The van der Waals surface area contributed by atoms with Crippen molar-refractivity contribution in [1.29, 1.82) is 0 Å². The van der Waals surface area contributed by atoms with E-state index in [-0.39, 0.29) is 68.2 Å². The number of aliphatic carboxylic acids is 2. The molecule has 0 saturated heterocycles. The molecule has 0 aliphatic heterocycles. The maximum Gasteiger partial charge on any atom is 2.00 e. The summed E-state index contributed by atoms with van der Waals surface area (Å²) in [6.07, 6.45) is 0.490. The van der Waals surface area contributed by atoms with Gasteiger partial charge in [-0.05, 0) is 89.8 Å². The molecule has 0 heterocycles. The third-order valence-corrected chi connectivity index (χ3v) is 12.9. The van der Waals surface area contributed by atoms with Crippen molar-refractivity contribution >= 4 is 84.0 Å². The van der Waals surface area contributed by atoms with Gasteiger partial charge in [-0.1, -0.05) is 231 Å². The van der Waals surface area contributed by atoms with Gasteiger partial charge in [-0.25, -0.2) is 5.06 Å². The largest absolute Gasteiger partial charge is 2.00 e. The average Bonchev–Trinajstić information content (AvgIpc) is 3.50. The topological polar surface area (TPSA) is 183 Å². The zero-order valence-electron chi connectivity index (χ0n) is 46.4. The molecule has 3 atom stereocenters. The third kappa shape index (κ3) is 21.5. The maximum atomic E-state index is 11.8. The van der Waals surface area contributed by atoms with Crippen molar-refractivity contribution in [1.82, 2.24) is 10.4 Å². The van der Waals surface area contributed by atoms with Crippen LogP contribution in [0.15, 0.2) is 231 Å². The Hall–Kier alpha value is -7.49. The minimum absolute atomic E-state index is 0. The second kappa shape index (κ2) is 36.0. The van der Waals surface area contributed by atoms with E-state index in [1.54, 1.807) is 7.05 Å². The van der Waals surface area contributed by atoms with E-state index >= 15 is 0 Å². The number of aliphatic hydroxyl groups excluding tert-OH is 2. The Balaban J connectivity index is 0.000000270. The van der Waals surface area contributed by atoms with E-state index in [1.165, 1.54) is 28.5 Å². The first-order chi connectivity index (χ1) is 37.8. The van der Waals surface area contributed by atoms with Crippen LogP contribution in [0.5, 0.6) is 0 Å². The summed E-state index contributed by atoms with van der Waals surface area (Å²) in [7, 11) is 3.11. The molecule has 0 aliphatic rings. The van der Waals surface area contributed by atoms with E-state index in [2.05, 4.69) is 54.7 Å². The molecular weight excluding hydrogens is 1050 g/mol. The Kier molecular flexibility index (Phi) is 30.1. The van der Waals surface area contributed by atoms with Crippen LogP contribution in [0.4, 0.5) is 0 Å². The number of nitrogens with one attached hydrogen (secondary N) is 1. The molecule has 0 bridgehead atoms. The molecular formula is C68H72ClMgN3O8. The van der Waals surface area contributed by atoms with Gasteiger partial charge in [0, 0.05) is 26.2 Å². The van der Waals surface area contributed by atoms with Gasteiger partial charge in [-0.2, -0.15) is 0 Å². The van der Waals surface area contributed by atoms with Gasteiger partial charge in [0.2, 0.25) is 5.91 Å². The molecule has 0 saturated carbocycles. The predicted octanol–water partition coefficient (Wildman–Crippen LogP) is 9.18. The molecule has 10 rings (SSSR count). The number of rotatable bonds is 15. The van der Waals surface area contributed by atoms with Crippen LogP contribution in [-0.4, -0.2) is 99.7 Å². The van der Waals surface area contributed by atoms with Crippen LogP contribution in [0.25, 0.3) is 43.1 Å². The number of carbonyl (C=O) groups is 3. The number of carboxylic acid groups (broad SMARTS) is 2. The Morgan fingerprint density at radius 2 is 0.790 bits per heavy atom. The summed E-state index contributed by atoms with van der Waals surface area (Å²) >= 11 is 0. The summed E-state index contributed by atoms with van der Waals surface area (Å²) in [6.45, 7) is 3.01. The third-order valence-electron chi connectivity index (χ3n) is 12.9. The SMILES string of the molecule is CC(Cc1cccc2ccccc12)NCC(O)c1ccccc1.CON(C)C(=O)Cc1cccc2ccccc12.NCC(O)c1ccccc1.O=C(O)Cc1cccc2ccccc12.O=C(O)Cc1cccc2ccccc12.[CH3-].[Cl-].[Mg+2]. The summed E-state index contributed by atoms with van der Waals surface area (Å²) in [5.74, 6) is -1.63. The first-order valence-corrected chi connectivity index (χ1v) is 25.8. The number of likely N-dealkylation sites (N-methyl/N-ethyl adjacent to an activating group) is 1. The van der Waals surface area contributed by atoms with Crippen LogP contribution < -0.4 is 23.5 Å². The van der Waals surface area contributed by atoms with Gasteiger partial charge >= 0.3 is 35.0 Å². The minimum atomic E-state index is -0.790. The van der Waals surface area contributed by atoms with Crippen LogP contribution in [0.3, 0.4) is 0 Å². The predicted molar refractivity (Wildman–Crippen MR) is 327 cm³/mol. The van der Waals surface area contributed by atoms with Gasteiger partial charge in [-0.3, -0.25) is 19.2 Å². The van der Waals surface area contributed by atoms with E-state index in [4.69, 9.17) is 20.8 Å². The second-order valence-corrected chi connectivity index (χ2v) is 18.5. The molecule has 10 aromatic rings. The Morgan fingerprint density at radius 3 is 1.15 bits per heavy atom. The molecule has 0 radical (unpaired) electrons. The number of halogens is 1. The molecule has 3 unspecified atom stereocenters. The van der Waals surface area contributed by atoms with Crippen LogP contribution in [0.2, 0.25) is 0 Å². The zero-order chi connectivity index (χ0) is 55.7. The number of nitrogens with two attached hydrogens (primary N) is 1. The number of hydroxylamine groups is 2. The van der Waals surface area contributed by atoms with Crippen molar-refractivity contribution in [3.8, 4) is 0 Å². The van der Waals surface area contributed by atoms with Crippen molar-refractivity contribution in [2.45, 2.75) is 50.9 Å². The number of nitrogens with zero attached hydrogens (tertiary/aromatic N) is 1. The summed E-state index contributed by atoms with van der Waals surface area (Å²) in [5, 5.41) is 50.7. The molecule has 0 aliphatic carbocycles. The minimum Gasteiger partial charge on any atom is -1.00 e. The number of hydrogen-bond acceptors (Lipinski definition) is 8. The van der Waals surface area contributed by atoms with Crippen molar-refractivity contribution < 1.29 is 52.1 Å². The Morgan fingerprint density at radius 1 is 0.481 bits per heavy atom. The number of aliphatic hydroxyl groups is 2. The molecule has 11 nitrogen and oxygen atoms in total. The van der Waals surface area contributed by atoms with Gasteiger partial charge in [0.1, 0.15) is 0 Å². The van der Waals surface area contributed by atoms with Crippen LogP contribution >= 0.6 is 0 Å². The number of hydrogen-bond donors (Lipinski definition) is 6. The van der Waals surface area contributed by atoms with E-state index in [0.717, 1.165) is 66.6 Å². The number of carbonyl (C=O) groups excluding carboxylic acids is 1. The average molecular weight is 1120 g/mol. The van der Waals surface area contributed by atoms with Crippen LogP contribution in [0.1, 0.15) is 52.5 Å². The molecule has 10 aromatic carbocycles. The van der Waals surface area contributed by atoms with Gasteiger partial charge in [0.05, 0.1) is 38.6 Å². The first kappa shape index (κ1) is 67.8. The van der Waals surface area contributed by atoms with Crippen LogP contribution in [-0.2, 0) is 44.9 Å². The molecule has 0 fully saturated rings. The smallest absolute Gasteiger partial charge is 1.00 e. The van der Waals surface area contributed by atoms with E-state index in [1.807, 2.05) is 188 Å². The van der Waals surface area contributed by atoms with Gasteiger partial charge < -0.3 is 51.3 Å². The van der Waals surface area contributed by atoms with Crippen molar-refractivity contribution in [2.75, 3.05) is 27.2 Å². The maximum absolute atomic E-state index is 11.8. The molecule has 0 spiro atoms. The normalized spacial score (nSPS) is 11.3. The van der Waals surface area contributed by atoms with E-state index in [0.29, 0.717) is 19.0 Å². The summed E-state index contributed by atoms with van der Waals surface area (Å²) in [6, 6.07) is 75.6. The quantitative estimate of drug-likeness (QED) is 0.0329. The molecule has 1 amide bonds. The zero-order valence-corrected chi connectivity index (χ0v) is 48.6. The molecule has 416 valence electrons. The number of amides is 1. The number of benzene rings is 10. The fourth-order valence-corrected chi connectivity index (χ4v) is 8.83. The van der Waals surface area contributed by atoms with Gasteiger partial charge in [-0.15, -0.1) is 0 Å². The standard InChI is InChI=1S/C21H23NO.C14H15NO2.2C12H10O2.C8H11NO.CH3.ClH.Mg/c1-16(22-15-21(23)18-9-3-2-4-10-18)14-19-12-7-11-17-8-5-6-13-20(17)19;1-15(17-2)14(16)10-12-8-5-7-11-6-3-4-9-13(11)12;2*13-12(14)8-10-6-3-5-9-4-1-2-7-11(9)10;9-6-8(10)7-4-2-1-3-5-7;;;/h2-13,16,21-23H,14-15H2,1H3;3-9H,10H2,1-2H3;2*1-7H,8H2,(H,13,14);1-5,8,10H,6,9H2;1H3;1H;/q;;;;;-1;;+2/p-1. The van der Waals surface area contributed by atoms with Crippen molar-refractivity contribution in [3.63, 3.8) is 0 Å². The number of carboxylic acids is 2. The summed E-state index contributed by atoms with van der Waals surface area (Å²) in [5.41, 5.74) is 11.2. The molecule has 0 aromatic heterocycles. The Bertz CT molecular complexity index is 3370. The van der Waals surface area contributed by atoms with Crippen LogP contribution in [0, 0.1) is 7.43 Å². The Labute approximate surface area is 498 Å². The molecule has 7 N–H and O–H groups in total. The van der Waals surface area contributed by atoms with Gasteiger partial charge in [0.25, 0.3) is 0 Å². The van der Waals surface area contributed by atoms with Gasteiger partial charge in [0.15, 0.2) is 0 Å². The summed E-state index contributed by atoms with van der Waals surface area (Å²) in [4.78, 5) is 37.9. The van der Waals surface area contributed by atoms with E-state index in [9.17, 15) is 24.6 Å².